The Morgan fingerprint density at radius 1 is 1.38 bits per heavy atom. The summed E-state index contributed by atoms with van der Waals surface area (Å²) >= 11 is 0. The first-order chi connectivity index (χ1) is 7.17. The van der Waals surface area contributed by atoms with Gasteiger partial charge in [0, 0.05) is 0 Å². The highest BCUT2D eigenvalue weighted by molar-refractivity contribution is 6.08. The lowest BCUT2D eigenvalue weighted by molar-refractivity contribution is -0.182. The van der Waals surface area contributed by atoms with E-state index < -0.39 is 29.8 Å². The molecule has 0 saturated carbocycles. The Morgan fingerprint density at radius 3 is 2.19 bits per heavy atom. The molecule has 0 aliphatic heterocycles. The van der Waals surface area contributed by atoms with Crippen molar-refractivity contribution in [1.29, 1.82) is 0 Å². The molecule has 0 amide bonds. The maximum atomic E-state index is 12.3. The van der Waals surface area contributed by atoms with Gasteiger partial charge in [0.05, 0.1) is 13.0 Å². The van der Waals surface area contributed by atoms with Crippen LogP contribution in [0.25, 0.3) is 0 Å². The third kappa shape index (κ3) is 3.67. The Kier molecular flexibility index (Phi) is 4.71. The lowest BCUT2D eigenvalue weighted by atomic mass is 9.82. The number of hydrogen-bond donors (Lipinski definition) is 0. The van der Waals surface area contributed by atoms with E-state index in [1.807, 2.05) is 0 Å². The van der Waals surface area contributed by atoms with E-state index in [0.29, 0.717) is 6.08 Å². The van der Waals surface area contributed by atoms with Gasteiger partial charge < -0.3 is 4.74 Å². The highest BCUT2D eigenvalue weighted by Crippen LogP contribution is 2.35. The van der Waals surface area contributed by atoms with Crippen molar-refractivity contribution in [3.63, 3.8) is 0 Å². The number of hydrogen-bond acceptors (Lipinski definition) is 3. The summed E-state index contributed by atoms with van der Waals surface area (Å²) in [5.74, 6) is -2.18. The summed E-state index contributed by atoms with van der Waals surface area (Å²) < 4.78 is 41.2. The second-order valence-electron chi connectivity index (χ2n) is 3.41. The summed E-state index contributed by atoms with van der Waals surface area (Å²) in [5.41, 5.74) is -2.24. The lowest BCUT2D eigenvalue weighted by Gasteiger charge is -2.25. The number of rotatable bonds is 5. The average Bonchev–Trinajstić information content (AvgIpc) is 2.14. The van der Waals surface area contributed by atoms with Gasteiger partial charge in [-0.05, 0) is 19.9 Å². The van der Waals surface area contributed by atoms with Gasteiger partial charge >= 0.3 is 12.1 Å². The van der Waals surface area contributed by atoms with Crippen molar-refractivity contribution >= 4 is 11.8 Å². The van der Waals surface area contributed by atoms with Gasteiger partial charge in [0.1, 0.15) is 5.41 Å². The quantitative estimate of drug-likeness (QED) is 0.419. The van der Waals surface area contributed by atoms with Crippen LogP contribution in [-0.4, -0.2) is 24.5 Å². The molecule has 0 aromatic carbocycles. The number of allylic oxidation sites excluding steroid dienone is 1. The number of halogens is 3. The first-order valence-electron chi connectivity index (χ1n) is 4.58. The molecule has 0 N–H and O–H groups in total. The Balaban J connectivity index is 5.11. The van der Waals surface area contributed by atoms with Gasteiger partial charge in [0.2, 0.25) is 0 Å². The van der Waals surface area contributed by atoms with E-state index in [2.05, 4.69) is 11.3 Å². The fourth-order valence-electron chi connectivity index (χ4n) is 1.18. The number of carbonyl (C=O) groups is 2. The third-order valence-corrected chi connectivity index (χ3v) is 2.01. The molecule has 0 aliphatic rings. The van der Waals surface area contributed by atoms with Crippen LogP contribution in [0.5, 0.6) is 0 Å². The van der Waals surface area contributed by atoms with Crippen molar-refractivity contribution in [3.8, 4) is 0 Å². The second-order valence-corrected chi connectivity index (χ2v) is 3.41. The molecule has 0 rings (SSSR count). The van der Waals surface area contributed by atoms with E-state index in [-0.39, 0.29) is 6.61 Å². The molecule has 3 nitrogen and oxygen atoms in total. The molecule has 0 aliphatic carbocycles. The molecule has 0 aromatic heterocycles. The number of carbonyl (C=O) groups excluding carboxylic acids is 2. The van der Waals surface area contributed by atoms with Crippen LogP contribution in [0.3, 0.4) is 0 Å². The molecule has 0 spiro atoms. The van der Waals surface area contributed by atoms with Crippen molar-refractivity contribution in [2.75, 3.05) is 6.61 Å². The topological polar surface area (TPSA) is 43.4 Å². The maximum Gasteiger partial charge on any atom is 0.390 e. The van der Waals surface area contributed by atoms with Crippen molar-refractivity contribution in [3.05, 3.63) is 12.7 Å². The Morgan fingerprint density at radius 2 is 1.88 bits per heavy atom. The van der Waals surface area contributed by atoms with E-state index in [1.165, 1.54) is 6.92 Å². The Labute approximate surface area is 91.3 Å². The van der Waals surface area contributed by atoms with Crippen LogP contribution in [0, 0.1) is 5.41 Å². The van der Waals surface area contributed by atoms with Gasteiger partial charge in [-0.3, -0.25) is 9.59 Å². The van der Waals surface area contributed by atoms with Crippen LogP contribution in [0.4, 0.5) is 13.2 Å². The Bertz CT molecular complexity index is 296. The monoisotopic (exact) mass is 238 g/mol. The number of ether oxygens (including phenoxy) is 1. The molecule has 0 radical (unpaired) electrons. The third-order valence-electron chi connectivity index (χ3n) is 2.01. The van der Waals surface area contributed by atoms with E-state index in [9.17, 15) is 22.8 Å². The summed E-state index contributed by atoms with van der Waals surface area (Å²) in [6.07, 6.45) is -5.48. The predicted octanol–water partition coefficient (Wildman–Crippen LogP) is 2.26. The molecular weight excluding hydrogens is 225 g/mol. The molecule has 0 saturated heterocycles. The van der Waals surface area contributed by atoms with E-state index in [4.69, 9.17) is 0 Å². The standard InChI is InChI=1S/C10H13F3O3/c1-4-7(14)9(3,6-10(11,12)13)8(15)16-5-2/h4H,1,5-6H2,2-3H3. The van der Waals surface area contributed by atoms with Crippen molar-refractivity contribution < 1.29 is 27.5 Å². The van der Waals surface area contributed by atoms with Crippen LogP contribution in [0.1, 0.15) is 20.3 Å². The first kappa shape index (κ1) is 14.7. The molecular formula is C10H13F3O3. The highest BCUT2D eigenvalue weighted by Gasteiger charge is 2.49. The van der Waals surface area contributed by atoms with Crippen LogP contribution in [-0.2, 0) is 14.3 Å². The average molecular weight is 238 g/mol. The second kappa shape index (κ2) is 5.14. The first-order valence-corrected chi connectivity index (χ1v) is 4.58. The van der Waals surface area contributed by atoms with Crippen LogP contribution < -0.4 is 0 Å². The van der Waals surface area contributed by atoms with Gasteiger partial charge in [-0.1, -0.05) is 6.58 Å². The van der Waals surface area contributed by atoms with Gasteiger partial charge in [-0.15, -0.1) is 0 Å². The largest absolute Gasteiger partial charge is 0.465 e. The van der Waals surface area contributed by atoms with E-state index in [1.54, 1.807) is 0 Å². The molecule has 0 bridgehead atoms. The van der Waals surface area contributed by atoms with Crippen molar-refractivity contribution in [2.24, 2.45) is 5.41 Å². The molecule has 6 heteroatoms. The molecule has 0 fully saturated rings. The fourth-order valence-corrected chi connectivity index (χ4v) is 1.18. The summed E-state index contributed by atoms with van der Waals surface area (Å²) in [4.78, 5) is 22.7. The van der Waals surface area contributed by atoms with Crippen molar-refractivity contribution in [2.45, 2.75) is 26.4 Å². The maximum absolute atomic E-state index is 12.3. The zero-order valence-electron chi connectivity index (χ0n) is 9.06. The van der Waals surface area contributed by atoms with Gasteiger partial charge in [0.25, 0.3) is 0 Å². The summed E-state index contributed by atoms with van der Waals surface area (Å²) in [5, 5.41) is 0. The predicted molar refractivity (Wildman–Crippen MR) is 50.6 cm³/mol. The van der Waals surface area contributed by atoms with Gasteiger partial charge in [-0.2, -0.15) is 13.2 Å². The van der Waals surface area contributed by atoms with E-state index in [0.717, 1.165) is 6.92 Å². The number of alkyl halides is 3. The molecule has 1 atom stereocenters. The van der Waals surface area contributed by atoms with Crippen LogP contribution >= 0.6 is 0 Å². The zero-order chi connectivity index (χ0) is 13.0. The zero-order valence-corrected chi connectivity index (χ0v) is 9.06. The number of ketones is 1. The molecule has 16 heavy (non-hydrogen) atoms. The molecule has 92 valence electrons. The smallest absolute Gasteiger partial charge is 0.390 e. The van der Waals surface area contributed by atoms with Gasteiger partial charge in [0.15, 0.2) is 5.78 Å². The minimum atomic E-state index is -4.62. The normalized spacial score (nSPS) is 15.1. The SMILES string of the molecule is C=CC(=O)C(C)(CC(F)(F)F)C(=O)OCC. The molecule has 0 aromatic rings. The summed E-state index contributed by atoms with van der Waals surface area (Å²) in [6.45, 7) is 5.34. The van der Waals surface area contributed by atoms with Gasteiger partial charge in [-0.25, -0.2) is 0 Å². The molecule has 1 unspecified atom stereocenters. The lowest BCUT2D eigenvalue weighted by Crippen LogP contribution is -2.40. The molecule has 0 heterocycles. The fraction of sp³-hybridized carbons (Fsp3) is 0.600. The van der Waals surface area contributed by atoms with Crippen LogP contribution in [0.2, 0.25) is 0 Å². The number of esters is 1. The van der Waals surface area contributed by atoms with Crippen LogP contribution in [0.15, 0.2) is 12.7 Å². The summed E-state index contributed by atoms with van der Waals surface area (Å²) in [6, 6.07) is 0. The summed E-state index contributed by atoms with van der Waals surface area (Å²) in [7, 11) is 0. The minimum absolute atomic E-state index is 0.0866. The Hall–Kier alpha value is -1.33. The van der Waals surface area contributed by atoms with E-state index >= 15 is 0 Å². The highest BCUT2D eigenvalue weighted by atomic mass is 19.4. The minimum Gasteiger partial charge on any atom is -0.465 e. The van der Waals surface area contributed by atoms with Crippen molar-refractivity contribution in [1.82, 2.24) is 0 Å².